The molecule has 0 radical (unpaired) electrons. The van der Waals surface area contributed by atoms with Crippen molar-refractivity contribution in [2.45, 2.75) is 0 Å². The zero-order chi connectivity index (χ0) is 16.9. The van der Waals surface area contributed by atoms with E-state index in [2.05, 4.69) is 15.6 Å². The lowest BCUT2D eigenvalue weighted by molar-refractivity contribution is -0.380. The van der Waals surface area contributed by atoms with Gasteiger partial charge in [-0.1, -0.05) is 30.3 Å². The minimum atomic E-state index is -0.543. The van der Waals surface area contributed by atoms with E-state index in [1.807, 2.05) is 36.4 Å². The van der Waals surface area contributed by atoms with Gasteiger partial charge in [0.2, 0.25) is 0 Å². The number of rotatable bonds is 5. The fourth-order valence-corrected chi connectivity index (χ4v) is 2.67. The smallest absolute Gasteiger partial charge is 0.345 e. The number of hydrogen-bond donors (Lipinski definition) is 2. The maximum Gasteiger partial charge on any atom is 0.345 e. The molecule has 3 aromatic rings. The standard InChI is InChI=1S/C16H12N4O3S/c21-15(19-16-17-10-14(24-16)20(22)23)12-8-4-5-9-13(12)18-11-6-2-1-3-7-11/h1-10,18H,(H,17,19,21). The third kappa shape index (κ3) is 3.55. The first kappa shape index (κ1) is 15.6. The van der Waals surface area contributed by atoms with Gasteiger partial charge in [-0.2, -0.15) is 0 Å². The molecule has 0 aliphatic heterocycles. The monoisotopic (exact) mass is 340 g/mol. The summed E-state index contributed by atoms with van der Waals surface area (Å²) in [4.78, 5) is 26.4. The molecule has 24 heavy (non-hydrogen) atoms. The highest BCUT2D eigenvalue weighted by Gasteiger charge is 2.16. The van der Waals surface area contributed by atoms with Crippen LogP contribution in [0.2, 0.25) is 0 Å². The Bertz CT molecular complexity index is 880. The summed E-state index contributed by atoms with van der Waals surface area (Å²) in [6.45, 7) is 0. The number of amides is 1. The number of para-hydroxylation sites is 2. The number of thiazole rings is 1. The van der Waals surface area contributed by atoms with Crippen LogP contribution in [0.4, 0.5) is 21.5 Å². The molecule has 0 unspecified atom stereocenters. The van der Waals surface area contributed by atoms with Crippen molar-refractivity contribution < 1.29 is 9.72 Å². The topological polar surface area (TPSA) is 97.2 Å². The number of carbonyl (C=O) groups excluding carboxylic acids is 1. The van der Waals surface area contributed by atoms with E-state index in [1.54, 1.807) is 18.2 Å². The van der Waals surface area contributed by atoms with E-state index in [-0.39, 0.29) is 10.1 Å². The Morgan fingerprint density at radius 3 is 2.50 bits per heavy atom. The van der Waals surface area contributed by atoms with E-state index in [9.17, 15) is 14.9 Å². The lowest BCUT2D eigenvalue weighted by atomic mass is 10.1. The molecular formula is C16H12N4O3S. The van der Waals surface area contributed by atoms with Gasteiger partial charge in [0.05, 0.1) is 16.2 Å². The highest BCUT2D eigenvalue weighted by Crippen LogP contribution is 2.27. The highest BCUT2D eigenvalue weighted by atomic mass is 32.1. The van der Waals surface area contributed by atoms with Crippen LogP contribution < -0.4 is 10.6 Å². The quantitative estimate of drug-likeness (QED) is 0.539. The van der Waals surface area contributed by atoms with Crippen molar-refractivity contribution >= 4 is 38.8 Å². The largest absolute Gasteiger partial charge is 0.355 e. The van der Waals surface area contributed by atoms with Crippen molar-refractivity contribution in [2.24, 2.45) is 0 Å². The molecule has 1 aromatic heterocycles. The highest BCUT2D eigenvalue weighted by molar-refractivity contribution is 7.18. The van der Waals surface area contributed by atoms with Crippen LogP contribution in [0.1, 0.15) is 10.4 Å². The number of nitrogens with zero attached hydrogens (tertiary/aromatic N) is 2. The van der Waals surface area contributed by atoms with Gasteiger partial charge in [0.1, 0.15) is 6.20 Å². The van der Waals surface area contributed by atoms with Crippen LogP contribution in [-0.2, 0) is 0 Å². The van der Waals surface area contributed by atoms with Crippen LogP contribution >= 0.6 is 11.3 Å². The van der Waals surface area contributed by atoms with Gasteiger partial charge in [0.25, 0.3) is 5.91 Å². The summed E-state index contributed by atoms with van der Waals surface area (Å²) in [6, 6.07) is 16.5. The van der Waals surface area contributed by atoms with Crippen molar-refractivity contribution in [2.75, 3.05) is 10.6 Å². The van der Waals surface area contributed by atoms with Gasteiger partial charge >= 0.3 is 5.00 Å². The minimum absolute atomic E-state index is 0.124. The van der Waals surface area contributed by atoms with E-state index < -0.39 is 10.8 Å². The van der Waals surface area contributed by atoms with Crippen molar-refractivity contribution in [3.8, 4) is 0 Å². The van der Waals surface area contributed by atoms with Crippen molar-refractivity contribution in [3.63, 3.8) is 0 Å². The van der Waals surface area contributed by atoms with E-state index in [0.29, 0.717) is 11.3 Å². The Hall–Kier alpha value is -3.26. The maximum absolute atomic E-state index is 12.4. The summed E-state index contributed by atoms with van der Waals surface area (Å²) in [5, 5.41) is 16.5. The molecule has 0 spiro atoms. The van der Waals surface area contributed by atoms with E-state index in [1.165, 1.54) is 0 Å². The van der Waals surface area contributed by atoms with Crippen LogP contribution in [0.5, 0.6) is 0 Å². The Morgan fingerprint density at radius 1 is 1.08 bits per heavy atom. The number of nitrogens with one attached hydrogen (secondary N) is 2. The Morgan fingerprint density at radius 2 is 1.79 bits per heavy atom. The number of aromatic nitrogens is 1. The first-order chi connectivity index (χ1) is 11.6. The van der Waals surface area contributed by atoms with Crippen LogP contribution in [0, 0.1) is 10.1 Å². The van der Waals surface area contributed by atoms with Gasteiger partial charge in [0, 0.05) is 5.69 Å². The predicted molar refractivity (Wildman–Crippen MR) is 92.9 cm³/mol. The molecule has 0 aliphatic carbocycles. The SMILES string of the molecule is O=C(Nc1ncc([N+](=O)[O-])s1)c1ccccc1Nc1ccccc1. The first-order valence-electron chi connectivity index (χ1n) is 6.96. The van der Waals surface area contributed by atoms with Gasteiger partial charge < -0.3 is 5.32 Å². The van der Waals surface area contributed by atoms with E-state index in [0.717, 1.165) is 23.2 Å². The lowest BCUT2D eigenvalue weighted by Crippen LogP contribution is -2.13. The fraction of sp³-hybridized carbons (Fsp3) is 0. The first-order valence-corrected chi connectivity index (χ1v) is 7.78. The van der Waals surface area contributed by atoms with Crippen LogP contribution in [0.25, 0.3) is 0 Å². The molecule has 1 heterocycles. The second kappa shape index (κ2) is 6.88. The average molecular weight is 340 g/mol. The molecule has 1 amide bonds. The number of hydrogen-bond acceptors (Lipinski definition) is 6. The molecule has 7 nitrogen and oxygen atoms in total. The normalized spacial score (nSPS) is 10.2. The maximum atomic E-state index is 12.4. The molecule has 2 N–H and O–H groups in total. The molecular weight excluding hydrogens is 328 g/mol. The summed E-state index contributed by atoms with van der Waals surface area (Å²) in [6.07, 6.45) is 1.12. The third-order valence-corrected chi connectivity index (χ3v) is 3.98. The summed E-state index contributed by atoms with van der Waals surface area (Å²) in [7, 11) is 0. The molecule has 2 aromatic carbocycles. The van der Waals surface area contributed by atoms with E-state index >= 15 is 0 Å². The zero-order valence-corrected chi connectivity index (χ0v) is 13.1. The van der Waals surface area contributed by atoms with Crippen LogP contribution in [0.3, 0.4) is 0 Å². The summed E-state index contributed by atoms with van der Waals surface area (Å²) < 4.78 is 0. The van der Waals surface area contributed by atoms with Crippen molar-refractivity contribution in [3.05, 3.63) is 76.5 Å². The molecule has 0 aliphatic rings. The minimum Gasteiger partial charge on any atom is -0.355 e. The number of carbonyl (C=O) groups is 1. The lowest BCUT2D eigenvalue weighted by Gasteiger charge is -2.11. The van der Waals surface area contributed by atoms with E-state index in [4.69, 9.17) is 0 Å². The molecule has 0 fully saturated rings. The third-order valence-electron chi connectivity index (χ3n) is 3.12. The Kier molecular flexibility index (Phi) is 4.48. The van der Waals surface area contributed by atoms with Crippen LogP contribution in [-0.4, -0.2) is 15.8 Å². The summed E-state index contributed by atoms with van der Waals surface area (Å²) >= 11 is 0.811. The van der Waals surface area contributed by atoms with Gasteiger partial charge in [-0.15, -0.1) is 0 Å². The molecule has 0 atom stereocenters. The fourth-order valence-electron chi connectivity index (χ4n) is 2.04. The summed E-state index contributed by atoms with van der Waals surface area (Å²) in [5.41, 5.74) is 1.90. The Balaban J connectivity index is 1.80. The molecule has 0 saturated heterocycles. The molecule has 0 saturated carbocycles. The second-order valence-corrected chi connectivity index (χ2v) is 5.76. The zero-order valence-electron chi connectivity index (χ0n) is 12.3. The molecule has 0 bridgehead atoms. The van der Waals surface area contributed by atoms with Crippen molar-refractivity contribution in [1.29, 1.82) is 0 Å². The number of benzene rings is 2. The Labute approximate surface area is 141 Å². The second-order valence-electron chi connectivity index (χ2n) is 4.75. The average Bonchev–Trinajstić information content (AvgIpc) is 3.05. The number of nitro groups is 1. The summed E-state index contributed by atoms with van der Waals surface area (Å²) in [5.74, 6) is -0.390. The van der Waals surface area contributed by atoms with Gasteiger partial charge in [0.15, 0.2) is 5.13 Å². The van der Waals surface area contributed by atoms with Crippen molar-refractivity contribution in [1.82, 2.24) is 4.98 Å². The van der Waals surface area contributed by atoms with Gasteiger partial charge in [-0.25, -0.2) is 4.98 Å². The molecule has 120 valence electrons. The number of anilines is 3. The molecule has 8 heteroatoms. The molecule has 3 rings (SSSR count). The van der Waals surface area contributed by atoms with Gasteiger partial charge in [-0.05, 0) is 35.6 Å². The van der Waals surface area contributed by atoms with Gasteiger partial charge in [-0.3, -0.25) is 20.2 Å². The van der Waals surface area contributed by atoms with Crippen LogP contribution in [0.15, 0.2) is 60.8 Å². The predicted octanol–water partition coefficient (Wildman–Crippen LogP) is 4.05.